The molecular weight excluding hydrogens is 268 g/mol. The Morgan fingerprint density at radius 2 is 2.24 bits per heavy atom. The number of aliphatic carboxylic acids is 1. The second kappa shape index (κ2) is 7.25. The number of hydrogen-bond acceptors (Lipinski definition) is 3. The van der Waals surface area contributed by atoms with E-state index in [1.807, 2.05) is 6.92 Å². The van der Waals surface area contributed by atoms with Gasteiger partial charge in [0, 0.05) is 19.5 Å². The Hall–Kier alpha value is -1.10. The van der Waals surface area contributed by atoms with Gasteiger partial charge in [-0.1, -0.05) is 13.3 Å². The molecule has 2 rings (SSSR count). The molecule has 0 spiro atoms. The molecule has 0 aromatic rings. The minimum absolute atomic E-state index is 0.142. The van der Waals surface area contributed by atoms with Gasteiger partial charge in [-0.2, -0.15) is 0 Å². The van der Waals surface area contributed by atoms with Gasteiger partial charge in [-0.3, -0.25) is 9.59 Å². The van der Waals surface area contributed by atoms with Gasteiger partial charge in [0.1, 0.15) is 0 Å². The van der Waals surface area contributed by atoms with E-state index in [2.05, 4.69) is 5.32 Å². The van der Waals surface area contributed by atoms with Crippen LogP contribution in [-0.4, -0.2) is 48.1 Å². The molecule has 0 aliphatic carbocycles. The van der Waals surface area contributed by atoms with Crippen molar-refractivity contribution in [1.82, 2.24) is 10.2 Å². The standard InChI is InChI=1S/C16H28N2O3/c1-2-7-16(15(20)21)8-3-10-18(12-16)14(19)5-4-13-6-9-17-11-13/h13,17H,2-12H2,1H3,(H,20,21). The summed E-state index contributed by atoms with van der Waals surface area (Å²) in [5, 5.41) is 12.9. The summed E-state index contributed by atoms with van der Waals surface area (Å²) in [6.07, 6.45) is 5.67. The number of carbonyl (C=O) groups excluding carboxylic acids is 1. The molecule has 0 aromatic heterocycles. The van der Waals surface area contributed by atoms with E-state index in [1.54, 1.807) is 4.90 Å². The maximum absolute atomic E-state index is 12.4. The third-order valence-corrected chi connectivity index (χ3v) is 5.04. The van der Waals surface area contributed by atoms with Crippen LogP contribution in [0.15, 0.2) is 0 Å². The highest BCUT2D eigenvalue weighted by Gasteiger charge is 2.42. The van der Waals surface area contributed by atoms with Gasteiger partial charge in [0.05, 0.1) is 5.41 Å². The number of nitrogens with zero attached hydrogens (tertiary/aromatic N) is 1. The zero-order valence-corrected chi connectivity index (χ0v) is 13.1. The Morgan fingerprint density at radius 3 is 2.86 bits per heavy atom. The summed E-state index contributed by atoms with van der Waals surface area (Å²) in [7, 11) is 0. The summed E-state index contributed by atoms with van der Waals surface area (Å²) >= 11 is 0. The van der Waals surface area contributed by atoms with Crippen LogP contribution in [-0.2, 0) is 9.59 Å². The summed E-state index contributed by atoms with van der Waals surface area (Å²) in [5.41, 5.74) is -0.711. The first-order chi connectivity index (χ1) is 10.1. The minimum atomic E-state index is -0.734. The monoisotopic (exact) mass is 296 g/mol. The van der Waals surface area contributed by atoms with Crippen molar-refractivity contribution < 1.29 is 14.7 Å². The number of piperidine rings is 1. The van der Waals surface area contributed by atoms with Crippen molar-refractivity contribution in [3.63, 3.8) is 0 Å². The van der Waals surface area contributed by atoms with E-state index in [0.717, 1.165) is 45.3 Å². The molecule has 2 unspecified atom stereocenters. The maximum atomic E-state index is 12.4. The summed E-state index contributed by atoms with van der Waals surface area (Å²) in [4.78, 5) is 25.8. The van der Waals surface area contributed by atoms with Crippen LogP contribution in [0.5, 0.6) is 0 Å². The van der Waals surface area contributed by atoms with E-state index in [0.29, 0.717) is 31.7 Å². The lowest BCUT2D eigenvalue weighted by Crippen LogP contribution is -2.49. The van der Waals surface area contributed by atoms with Gasteiger partial charge in [-0.25, -0.2) is 0 Å². The van der Waals surface area contributed by atoms with Crippen molar-refractivity contribution in [2.24, 2.45) is 11.3 Å². The minimum Gasteiger partial charge on any atom is -0.481 e. The maximum Gasteiger partial charge on any atom is 0.311 e. The highest BCUT2D eigenvalue weighted by molar-refractivity contribution is 5.79. The van der Waals surface area contributed by atoms with Gasteiger partial charge in [-0.05, 0) is 51.1 Å². The molecule has 5 heteroatoms. The Morgan fingerprint density at radius 1 is 1.43 bits per heavy atom. The molecule has 21 heavy (non-hydrogen) atoms. The first-order valence-electron chi connectivity index (χ1n) is 8.29. The largest absolute Gasteiger partial charge is 0.481 e. The second-order valence-electron chi connectivity index (χ2n) is 6.65. The van der Waals surface area contributed by atoms with E-state index in [4.69, 9.17) is 0 Å². The molecular formula is C16H28N2O3. The highest BCUT2D eigenvalue weighted by Crippen LogP contribution is 2.35. The van der Waals surface area contributed by atoms with E-state index in [-0.39, 0.29) is 5.91 Å². The van der Waals surface area contributed by atoms with Gasteiger partial charge < -0.3 is 15.3 Å². The van der Waals surface area contributed by atoms with E-state index in [1.165, 1.54) is 0 Å². The lowest BCUT2D eigenvalue weighted by Gasteiger charge is -2.40. The van der Waals surface area contributed by atoms with Crippen LogP contribution in [0.2, 0.25) is 0 Å². The first kappa shape index (κ1) is 16.3. The number of carboxylic acid groups (broad SMARTS) is 1. The molecule has 5 nitrogen and oxygen atoms in total. The van der Waals surface area contributed by atoms with Crippen LogP contribution in [0.4, 0.5) is 0 Å². The van der Waals surface area contributed by atoms with Crippen molar-refractivity contribution in [3.8, 4) is 0 Å². The number of likely N-dealkylation sites (tertiary alicyclic amines) is 1. The number of carbonyl (C=O) groups is 2. The SMILES string of the molecule is CCCC1(C(=O)O)CCCN(C(=O)CCC2CCNC2)C1. The molecule has 2 aliphatic heterocycles. The Balaban J connectivity index is 1.89. The molecule has 0 radical (unpaired) electrons. The number of nitrogens with one attached hydrogen (secondary N) is 1. The fourth-order valence-electron chi connectivity index (χ4n) is 3.76. The third kappa shape index (κ3) is 3.96. The van der Waals surface area contributed by atoms with E-state index >= 15 is 0 Å². The van der Waals surface area contributed by atoms with E-state index < -0.39 is 11.4 Å². The van der Waals surface area contributed by atoms with Crippen molar-refractivity contribution >= 4 is 11.9 Å². The molecule has 2 saturated heterocycles. The summed E-state index contributed by atoms with van der Waals surface area (Å²) in [6, 6.07) is 0. The molecule has 120 valence electrons. The van der Waals surface area contributed by atoms with Crippen molar-refractivity contribution in [1.29, 1.82) is 0 Å². The average Bonchev–Trinajstić information content (AvgIpc) is 2.98. The van der Waals surface area contributed by atoms with Crippen molar-refractivity contribution in [2.75, 3.05) is 26.2 Å². The zero-order chi connectivity index (χ0) is 15.3. The molecule has 0 saturated carbocycles. The van der Waals surface area contributed by atoms with Crippen LogP contribution >= 0.6 is 0 Å². The number of amides is 1. The topological polar surface area (TPSA) is 69.6 Å². The van der Waals surface area contributed by atoms with Crippen LogP contribution in [0.3, 0.4) is 0 Å². The van der Waals surface area contributed by atoms with Gasteiger partial charge in [0.25, 0.3) is 0 Å². The molecule has 1 amide bonds. The normalized spacial score (nSPS) is 29.6. The molecule has 2 N–H and O–H groups in total. The Labute approximate surface area is 127 Å². The predicted octanol–water partition coefficient (Wildman–Crippen LogP) is 1.87. The van der Waals surface area contributed by atoms with Crippen molar-refractivity contribution in [2.45, 2.75) is 51.9 Å². The van der Waals surface area contributed by atoms with Gasteiger partial charge >= 0.3 is 5.97 Å². The Kier molecular flexibility index (Phi) is 5.62. The molecule has 2 atom stereocenters. The van der Waals surface area contributed by atoms with Gasteiger partial charge in [0.15, 0.2) is 0 Å². The van der Waals surface area contributed by atoms with Crippen LogP contribution in [0, 0.1) is 11.3 Å². The average molecular weight is 296 g/mol. The molecule has 0 aromatic carbocycles. The van der Waals surface area contributed by atoms with Crippen LogP contribution in [0.25, 0.3) is 0 Å². The highest BCUT2D eigenvalue weighted by atomic mass is 16.4. The van der Waals surface area contributed by atoms with Gasteiger partial charge in [-0.15, -0.1) is 0 Å². The number of carboxylic acids is 1. The first-order valence-corrected chi connectivity index (χ1v) is 8.29. The van der Waals surface area contributed by atoms with Crippen LogP contribution < -0.4 is 5.32 Å². The lowest BCUT2D eigenvalue weighted by atomic mass is 9.76. The quantitative estimate of drug-likeness (QED) is 0.785. The smallest absolute Gasteiger partial charge is 0.311 e. The fourth-order valence-corrected chi connectivity index (χ4v) is 3.76. The number of rotatable bonds is 6. The van der Waals surface area contributed by atoms with Crippen LogP contribution in [0.1, 0.15) is 51.9 Å². The molecule has 0 bridgehead atoms. The predicted molar refractivity (Wildman–Crippen MR) is 81.0 cm³/mol. The summed E-state index contributed by atoms with van der Waals surface area (Å²) < 4.78 is 0. The van der Waals surface area contributed by atoms with Crippen molar-refractivity contribution in [3.05, 3.63) is 0 Å². The zero-order valence-electron chi connectivity index (χ0n) is 13.1. The third-order valence-electron chi connectivity index (χ3n) is 5.04. The van der Waals surface area contributed by atoms with Gasteiger partial charge in [0.2, 0.25) is 5.91 Å². The molecule has 2 heterocycles. The number of hydrogen-bond donors (Lipinski definition) is 2. The molecule has 2 aliphatic rings. The van der Waals surface area contributed by atoms with E-state index in [9.17, 15) is 14.7 Å². The summed E-state index contributed by atoms with van der Waals surface area (Å²) in [6.45, 7) is 5.21. The Bertz CT molecular complexity index is 376. The molecule has 2 fully saturated rings. The lowest BCUT2D eigenvalue weighted by molar-refractivity contribution is -0.155. The summed E-state index contributed by atoms with van der Waals surface area (Å²) in [5.74, 6) is 0.0174. The fraction of sp³-hybridized carbons (Fsp3) is 0.875. The second-order valence-corrected chi connectivity index (χ2v) is 6.65.